The van der Waals surface area contributed by atoms with E-state index in [0.717, 1.165) is 12.0 Å². The van der Waals surface area contributed by atoms with E-state index in [4.69, 9.17) is 5.11 Å². The number of hydrogen-bond donors (Lipinski definition) is 1. The molecule has 0 bridgehead atoms. The largest absolute Gasteiger partial charge is 0.478 e. The SMILES string of the molecule is CC1Cc2cccc(C(=O)O)c21. The summed E-state index contributed by atoms with van der Waals surface area (Å²) < 4.78 is 0. The van der Waals surface area contributed by atoms with Crippen molar-refractivity contribution < 1.29 is 9.90 Å². The molecule has 1 atom stereocenters. The molecular formula is C10H10O2. The second-order valence-electron chi connectivity index (χ2n) is 3.29. The highest BCUT2D eigenvalue weighted by Gasteiger charge is 2.26. The number of aromatic carboxylic acids is 1. The van der Waals surface area contributed by atoms with Crippen LogP contribution in [0.1, 0.15) is 34.3 Å². The van der Waals surface area contributed by atoms with Crippen LogP contribution in [0.4, 0.5) is 0 Å². The Kier molecular flexibility index (Phi) is 1.43. The van der Waals surface area contributed by atoms with Gasteiger partial charge in [0.2, 0.25) is 0 Å². The fourth-order valence-corrected chi connectivity index (χ4v) is 1.86. The number of carbonyl (C=O) groups is 1. The van der Waals surface area contributed by atoms with Crippen molar-refractivity contribution >= 4 is 5.97 Å². The van der Waals surface area contributed by atoms with Crippen molar-refractivity contribution in [1.82, 2.24) is 0 Å². The molecule has 0 amide bonds. The number of hydrogen-bond acceptors (Lipinski definition) is 1. The van der Waals surface area contributed by atoms with E-state index in [2.05, 4.69) is 6.92 Å². The molecule has 2 rings (SSSR count). The number of benzene rings is 1. The van der Waals surface area contributed by atoms with E-state index in [9.17, 15) is 4.79 Å². The lowest BCUT2D eigenvalue weighted by molar-refractivity contribution is 0.0694. The normalized spacial score (nSPS) is 19.6. The van der Waals surface area contributed by atoms with Crippen LogP contribution in [0.25, 0.3) is 0 Å². The van der Waals surface area contributed by atoms with Crippen LogP contribution in [-0.2, 0) is 6.42 Å². The molecule has 0 saturated carbocycles. The molecule has 0 aliphatic heterocycles. The number of rotatable bonds is 1. The van der Waals surface area contributed by atoms with Crippen molar-refractivity contribution in [3.05, 3.63) is 34.9 Å². The highest BCUT2D eigenvalue weighted by Crippen LogP contribution is 2.36. The Morgan fingerprint density at radius 1 is 1.58 bits per heavy atom. The Morgan fingerprint density at radius 2 is 2.33 bits per heavy atom. The predicted octanol–water partition coefficient (Wildman–Crippen LogP) is 2.04. The molecule has 0 saturated heterocycles. The highest BCUT2D eigenvalue weighted by molar-refractivity contribution is 5.90. The summed E-state index contributed by atoms with van der Waals surface area (Å²) in [5, 5.41) is 8.84. The van der Waals surface area contributed by atoms with Crippen molar-refractivity contribution in [1.29, 1.82) is 0 Å². The van der Waals surface area contributed by atoms with Gasteiger partial charge in [-0.05, 0) is 29.5 Å². The van der Waals surface area contributed by atoms with Gasteiger partial charge < -0.3 is 5.11 Å². The fraction of sp³-hybridized carbons (Fsp3) is 0.300. The summed E-state index contributed by atoms with van der Waals surface area (Å²) in [4.78, 5) is 10.8. The zero-order valence-electron chi connectivity index (χ0n) is 6.87. The van der Waals surface area contributed by atoms with Crippen LogP contribution in [0, 0.1) is 0 Å². The molecular weight excluding hydrogens is 152 g/mol. The van der Waals surface area contributed by atoms with Gasteiger partial charge in [0, 0.05) is 0 Å². The van der Waals surface area contributed by atoms with E-state index >= 15 is 0 Å². The maximum absolute atomic E-state index is 10.8. The maximum Gasteiger partial charge on any atom is 0.335 e. The first-order valence-electron chi connectivity index (χ1n) is 4.05. The van der Waals surface area contributed by atoms with E-state index in [1.54, 1.807) is 6.07 Å². The summed E-state index contributed by atoms with van der Waals surface area (Å²) in [6.45, 7) is 2.06. The van der Waals surface area contributed by atoms with Gasteiger partial charge in [0.05, 0.1) is 5.56 Å². The molecule has 1 unspecified atom stereocenters. The monoisotopic (exact) mass is 162 g/mol. The Morgan fingerprint density at radius 3 is 2.83 bits per heavy atom. The summed E-state index contributed by atoms with van der Waals surface area (Å²) in [6, 6.07) is 5.49. The molecule has 1 aromatic carbocycles. The molecule has 1 aromatic rings. The zero-order valence-corrected chi connectivity index (χ0v) is 6.87. The lowest BCUT2D eigenvalue weighted by Gasteiger charge is -2.28. The molecule has 0 heterocycles. The van der Waals surface area contributed by atoms with E-state index < -0.39 is 5.97 Å². The third kappa shape index (κ3) is 0.843. The molecule has 0 spiro atoms. The maximum atomic E-state index is 10.8. The van der Waals surface area contributed by atoms with Crippen LogP contribution in [0.5, 0.6) is 0 Å². The van der Waals surface area contributed by atoms with Gasteiger partial charge in [-0.25, -0.2) is 4.79 Å². The summed E-state index contributed by atoms with van der Waals surface area (Å²) in [5.74, 6) is -0.384. The molecule has 62 valence electrons. The average Bonchev–Trinajstić information content (AvgIpc) is 2.01. The molecule has 2 heteroatoms. The molecule has 1 aliphatic rings. The molecule has 0 fully saturated rings. The van der Waals surface area contributed by atoms with Gasteiger partial charge in [0.15, 0.2) is 0 Å². The molecule has 0 aromatic heterocycles. The van der Waals surface area contributed by atoms with Crippen LogP contribution >= 0.6 is 0 Å². The molecule has 2 nitrogen and oxygen atoms in total. The predicted molar refractivity (Wildman–Crippen MR) is 45.5 cm³/mol. The first-order valence-corrected chi connectivity index (χ1v) is 4.05. The summed E-state index contributed by atoms with van der Waals surface area (Å²) in [5.41, 5.74) is 2.71. The van der Waals surface area contributed by atoms with Crippen LogP contribution < -0.4 is 0 Å². The van der Waals surface area contributed by atoms with Crippen molar-refractivity contribution in [2.45, 2.75) is 19.3 Å². The second-order valence-corrected chi connectivity index (χ2v) is 3.29. The van der Waals surface area contributed by atoms with Crippen molar-refractivity contribution in [3.8, 4) is 0 Å². The zero-order chi connectivity index (χ0) is 8.72. The Labute approximate surface area is 70.8 Å². The third-order valence-electron chi connectivity index (χ3n) is 2.45. The highest BCUT2D eigenvalue weighted by atomic mass is 16.4. The van der Waals surface area contributed by atoms with Crippen LogP contribution in [-0.4, -0.2) is 11.1 Å². The smallest absolute Gasteiger partial charge is 0.335 e. The summed E-state index contributed by atoms with van der Waals surface area (Å²) >= 11 is 0. The number of fused-ring (bicyclic) bond motifs is 1. The minimum absolute atomic E-state index is 0.423. The van der Waals surface area contributed by atoms with Crippen molar-refractivity contribution in [2.75, 3.05) is 0 Å². The van der Waals surface area contributed by atoms with E-state index in [-0.39, 0.29) is 0 Å². The van der Waals surface area contributed by atoms with Crippen LogP contribution in [0.3, 0.4) is 0 Å². The van der Waals surface area contributed by atoms with Gasteiger partial charge >= 0.3 is 5.97 Å². The van der Waals surface area contributed by atoms with Gasteiger partial charge in [-0.15, -0.1) is 0 Å². The second kappa shape index (κ2) is 2.34. The summed E-state index contributed by atoms with van der Waals surface area (Å²) in [7, 11) is 0. The third-order valence-corrected chi connectivity index (χ3v) is 2.45. The van der Waals surface area contributed by atoms with Gasteiger partial charge in [-0.3, -0.25) is 0 Å². The van der Waals surface area contributed by atoms with Crippen molar-refractivity contribution in [2.24, 2.45) is 0 Å². The molecule has 0 radical (unpaired) electrons. The van der Waals surface area contributed by atoms with E-state index in [1.165, 1.54) is 5.56 Å². The quantitative estimate of drug-likeness (QED) is 0.686. The van der Waals surface area contributed by atoms with E-state index in [0.29, 0.717) is 11.5 Å². The first-order chi connectivity index (χ1) is 5.70. The fourth-order valence-electron chi connectivity index (χ4n) is 1.86. The summed E-state index contributed by atoms with van der Waals surface area (Å²) in [6.07, 6.45) is 1.02. The number of carboxylic acids is 1. The van der Waals surface area contributed by atoms with E-state index in [1.807, 2.05) is 12.1 Å². The first kappa shape index (κ1) is 7.35. The molecule has 1 N–H and O–H groups in total. The average molecular weight is 162 g/mol. The Hall–Kier alpha value is -1.31. The number of carboxylic acid groups (broad SMARTS) is 1. The van der Waals surface area contributed by atoms with Crippen molar-refractivity contribution in [3.63, 3.8) is 0 Å². The molecule has 1 aliphatic carbocycles. The van der Waals surface area contributed by atoms with Gasteiger partial charge in [0.1, 0.15) is 0 Å². The molecule has 12 heavy (non-hydrogen) atoms. The minimum atomic E-state index is -0.807. The lowest BCUT2D eigenvalue weighted by atomic mass is 9.76. The van der Waals surface area contributed by atoms with Gasteiger partial charge in [-0.1, -0.05) is 19.1 Å². The van der Waals surface area contributed by atoms with Gasteiger partial charge in [-0.2, -0.15) is 0 Å². The lowest BCUT2D eigenvalue weighted by Crippen LogP contribution is -2.18. The minimum Gasteiger partial charge on any atom is -0.478 e. The van der Waals surface area contributed by atoms with Crippen LogP contribution in [0.15, 0.2) is 18.2 Å². The Bertz CT molecular complexity index is 342. The standard InChI is InChI=1S/C10H10O2/c1-6-5-7-3-2-4-8(9(6)7)10(11)12/h2-4,6H,5H2,1H3,(H,11,12). The topological polar surface area (TPSA) is 37.3 Å². The Balaban J connectivity index is 2.56. The van der Waals surface area contributed by atoms with Gasteiger partial charge in [0.25, 0.3) is 0 Å². The van der Waals surface area contributed by atoms with Crippen LogP contribution in [0.2, 0.25) is 0 Å².